The molecule has 0 fully saturated rings. The molecule has 1 aliphatic heterocycles. The fourth-order valence-corrected chi connectivity index (χ4v) is 4.43. The summed E-state index contributed by atoms with van der Waals surface area (Å²) < 4.78 is 39.4. The van der Waals surface area contributed by atoms with Gasteiger partial charge in [-0.2, -0.15) is 5.10 Å². The molecule has 0 bridgehead atoms. The van der Waals surface area contributed by atoms with Gasteiger partial charge in [0.2, 0.25) is 0 Å². The molecule has 0 saturated heterocycles. The summed E-state index contributed by atoms with van der Waals surface area (Å²) in [5, 5.41) is 7.66. The number of rotatable bonds is 2. The van der Waals surface area contributed by atoms with E-state index in [1.54, 1.807) is 6.92 Å². The largest absolute Gasteiger partial charge is 0.269 e. The molecule has 1 aliphatic rings. The van der Waals surface area contributed by atoms with Gasteiger partial charge in [-0.25, -0.2) is 17.1 Å². The SMILES string of the molecule is Cc1cc(Cl)nnc1CN1C(=O)c2cc(F)cc(C)c2S1(=O)=O. The summed E-state index contributed by atoms with van der Waals surface area (Å²) in [5.41, 5.74) is 0.931. The Kier molecular flexibility index (Phi) is 3.61. The Bertz CT molecular complexity index is 947. The lowest BCUT2D eigenvalue weighted by molar-refractivity contribution is 0.0863. The number of benzene rings is 1. The average molecular weight is 356 g/mol. The monoisotopic (exact) mass is 355 g/mol. The average Bonchev–Trinajstić information content (AvgIpc) is 2.61. The summed E-state index contributed by atoms with van der Waals surface area (Å²) >= 11 is 5.72. The van der Waals surface area contributed by atoms with Gasteiger partial charge >= 0.3 is 0 Å². The lowest BCUT2D eigenvalue weighted by atomic mass is 10.1. The van der Waals surface area contributed by atoms with Crippen LogP contribution in [0.3, 0.4) is 0 Å². The first-order valence-electron chi connectivity index (χ1n) is 6.57. The van der Waals surface area contributed by atoms with E-state index < -0.39 is 21.7 Å². The van der Waals surface area contributed by atoms with Gasteiger partial charge in [0.25, 0.3) is 15.9 Å². The molecule has 0 unspecified atom stereocenters. The van der Waals surface area contributed by atoms with Crippen LogP contribution in [0.1, 0.15) is 27.2 Å². The van der Waals surface area contributed by atoms with Gasteiger partial charge in [-0.15, -0.1) is 5.10 Å². The number of nitrogens with zero attached hydrogens (tertiary/aromatic N) is 3. The normalized spacial score (nSPS) is 15.8. The van der Waals surface area contributed by atoms with Crippen LogP contribution in [0.5, 0.6) is 0 Å². The van der Waals surface area contributed by atoms with Crippen molar-refractivity contribution in [2.75, 3.05) is 0 Å². The van der Waals surface area contributed by atoms with Crippen molar-refractivity contribution in [3.63, 3.8) is 0 Å². The van der Waals surface area contributed by atoms with Crippen molar-refractivity contribution in [2.24, 2.45) is 0 Å². The second-order valence-corrected chi connectivity index (χ2v) is 7.40. The Morgan fingerprint density at radius 3 is 2.52 bits per heavy atom. The Labute approximate surface area is 137 Å². The number of carbonyl (C=O) groups is 1. The standard InChI is InChI=1S/C14H11ClFN3O3S/c1-7-4-12(15)18-17-11(7)6-19-14(20)10-5-9(16)3-8(2)13(10)23(19,21)22/h3-5H,6H2,1-2H3. The van der Waals surface area contributed by atoms with Gasteiger partial charge in [-0.05, 0) is 43.2 Å². The Morgan fingerprint density at radius 1 is 1.17 bits per heavy atom. The van der Waals surface area contributed by atoms with Crippen molar-refractivity contribution >= 4 is 27.5 Å². The van der Waals surface area contributed by atoms with Gasteiger partial charge in [0, 0.05) is 0 Å². The van der Waals surface area contributed by atoms with E-state index in [-0.39, 0.29) is 27.7 Å². The van der Waals surface area contributed by atoms with Gasteiger partial charge in [-0.1, -0.05) is 11.6 Å². The summed E-state index contributed by atoms with van der Waals surface area (Å²) in [5.74, 6) is -1.44. The van der Waals surface area contributed by atoms with Crippen LogP contribution in [-0.4, -0.2) is 28.8 Å². The molecule has 0 aliphatic carbocycles. The molecule has 3 rings (SSSR count). The van der Waals surface area contributed by atoms with Crippen LogP contribution >= 0.6 is 11.6 Å². The number of amides is 1. The van der Waals surface area contributed by atoms with E-state index in [4.69, 9.17) is 11.6 Å². The van der Waals surface area contributed by atoms with E-state index in [1.165, 1.54) is 13.0 Å². The Balaban J connectivity index is 2.09. The number of aromatic nitrogens is 2. The molecule has 2 aromatic rings. The fourth-order valence-electron chi connectivity index (χ4n) is 2.51. The lowest BCUT2D eigenvalue weighted by Gasteiger charge is -2.15. The van der Waals surface area contributed by atoms with Crippen LogP contribution in [-0.2, 0) is 16.6 Å². The predicted molar refractivity (Wildman–Crippen MR) is 80.0 cm³/mol. The molecule has 1 aromatic carbocycles. The second-order valence-electron chi connectivity index (χ2n) is 5.21. The minimum atomic E-state index is -4.05. The van der Waals surface area contributed by atoms with Crippen molar-refractivity contribution in [3.05, 3.63) is 51.6 Å². The molecule has 120 valence electrons. The van der Waals surface area contributed by atoms with E-state index in [0.717, 1.165) is 12.1 Å². The highest BCUT2D eigenvalue weighted by molar-refractivity contribution is 7.90. The van der Waals surface area contributed by atoms with Gasteiger partial charge in [0.15, 0.2) is 5.15 Å². The molecule has 2 heterocycles. The van der Waals surface area contributed by atoms with Gasteiger partial charge in [0.05, 0.1) is 17.8 Å². The highest BCUT2D eigenvalue weighted by atomic mass is 35.5. The number of hydrogen-bond acceptors (Lipinski definition) is 5. The third kappa shape index (κ3) is 2.47. The van der Waals surface area contributed by atoms with E-state index in [2.05, 4.69) is 10.2 Å². The first-order valence-corrected chi connectivity index (χ1v) is 8.39. The number of fused-ring (bicyclic) bond motifs is 1. The number of sulfonamides is 1. The quantitative estimate of drug-likeness (QED) is 0.825. The first-order chi connectivity index (χ1) is 10.7. The van der Waals surface area contributed by atoms with Crippen LogP contribution in [0.15, 0.2) is 23.1 Å². The molecule has 0 N–H and O–H groups in total. The molecule has 1 amide bonds. The topological polar surface area (TPSA) is 80.2 Å². The van der Waals surface area contributed by atoms with Crippen LogP contribution in [0, 0.1) is 19.7 Å². The van der Waals surface area contributed by atoms with Crippen molar-refractivity contribution in [3.8, 4) is 0 Å². The van der Waals surface area contributed by atoms with Crippen LogP contribution in [0.4, 0.5) is 4.39 Å². The molecule has 23 heavy (non-hydrogen) atoms. The smallest absolute Gasteiger partial charge is 0.268 e. The van der Waals surface area contributed by atoms with Crippen molar-refractivity contribution < 1.29 is 17.6 Å². The summed E-state index contributed by atoms with van der Waals surface area (Å²) in [6.07, 6.45) is 0. The predicted octanol–water partition coefficient (Wildman–Crippen LogP) is 2.23. The van der Waals surface area contributed by atoms with Crippen molar-refractivity contribution in [1.29, 1.82) is 0 Å². The molecule has 0 spiro atoms. The Hall–Kier alpha value is -2.06. The molecule has 0 radical (unpaired) electrons. The zero-order chi connectivity index (χ0) is 16.9. The Morgan fingerprint density at radius 2 is 1.87 bits per heavy atom. The summed E-state index contributed by atoms with van der Waals surface area (Å²) in [6, 6.07) is 3.54. The van der Waals surface area contributed by atoms with E-state index in [0.29, 0.717) is 15.6 Å². The first kappa shape index (κ1) is 15.8. The highest BCUT2D eigenvalue weighted by Crippen LogP contribution is 2.34. The molecule has 9 heteroatoms. The van der Waals surface area contributed by atoms with Gasteiger partial charge in [-0.3, -0.25) is 4.79 Å². The maximum atomic E-state index is 13.5. The van der Waals surface area contributed by atoms with E-state index in [9.17, 15) is 17.6 Å². The van der Waals surface area contributed by atoms with Crippen molar-refractivity contribution in [1.82, 2.24) is 14.5 Å². The number of halogens is 2. The third-order valence-corrected chi connectivity index (χ3v) is 5.71. The zero-order valence-electron chi connectivity index (χ0n) is 12.2. The summed E-state index contributed by atoms with van der Waals surface area (Å²) in [7, 11) is -4.05. The lowest BCUT2D eigenvalue weighted by Crippen LogP contribution is -2.30. The highest BCUT2D eigenvalue weighted by Gasteiger charge is 2.43. The van der Waals surface area contributed by atoms with E-state index >= 15 is 0 Å². The van der Waals surface area contributed by atoms with E-state index in [1.807, 2.05) is 0 Å². The van der Waals surface area contributed by atoms with Gasteiger partial charge in [0.1, 0.15) is 10.7 Å². The molecule has 1 aromatic heterocycles. The van der Waals surface area contributed by atoms with Gasteiger partial charge < -0.3 is 0 Å². The minimum absolute atomic E-state index is 0.163. The van der Waals surface area contributed by atoms with Crippen LogP contribution < -0.4 is 0 Å². The fraction of sp³-hybridized carbons (Fsp3) is 0.214. The molecular weight excluding hydrogens is 345 g/mol. The minimum Gasteiger partial charge on any atom is -0.268 e. The summed E-state index contributed by atoms with van der Waals surface area (Å²) in [6.45, 7) is 2.84. The maximum Gasteiger partial charge on any atom is 0.269 e. The summed E-state index contributed by atoms with van der Waals surface area (Å²) in [4.78, 5) is 12.2. The molecular formula is C14H11ClFN3O3S. The molecule has 0 saturated carbocycles. The number of hydrogen-bond donors (Lipinski definition) is 0. The molecule has 6 nitrogen and oxygen atoms in total. The number of aryl methyl sites for hydroxylation is 2. The molecule has 0 atom stereocenters. The van der Waals surface area contributed by atoms with Crippen LogP contribution in [0.2, 0.25) is 5.15 Å². The number of carbonyl (C=O) groups excluding carboxylic acids is 1. The second kappa shape index (κ2) is 5.24. The van der Waals surface area contributed by atoms with Crippen LogP contribution in [0.25, 0.3) is 0 Å². The zero-order valence-corrected chi connectivity index (χ0v) is 13.7. The van der Waals surface area contributed by atoms with Crippen molar-refractivity contribution in [2.45, 2.75) is 25.3 Å². The third-order valence-electron chi connectivity index (χ3n) is 3.59. The maximum absolute atomic E-state index is 13.5.